The number of pyridine rings is 1. The Labute approximate surface area is 190 Å². The zero-order valence-electron chi connectivity index (χ0n) is 16.5. The van der Waals surface area contributed by atoms with Gasteiger partial charge in [0.15, 0.2) is 11.6 Å². The number of halogens is 6. The van der Waals surface area contributed by atoms with Crippen LogP contribution >= 0.6 is 23.2 Å². The van der Waals surface area contributed by atoms with Crippen molar-refractivity contribution in [2.75, 3.05) is 41.7 Å². The molecule has 2 N–H and O–H groups in total. The molecule has 3 fully saturated rings. The first kappa shape index (κ1) is 21.6. The highest BCUT2D eigenvalue weighted by Gasteiger charge is 2.67. The van der Waals surface area contributed by atoms with Gasteiger partial charge < -0.3 is 20.3 Å². The van der Waals surface area contributed by atoms with E-state index >= 15 is 0 Å². The summed E-state index contributed by atoms with van der Waals surface area (Å²) in [5, 5.41) is 0. The molecule has 4 heterocycles. The Morgan fingerprint density at radius 1 is 1.12 bits per heavy atom. The van der Waals surface area contributed by atoms with E-state index in [1.807, 2.05) is 4.90 Å². The molecule has 1 aliphatic carbocycles. The number of piperidine rings is 1. The Hall–Kier alpha value is -2.27. The lowest BCUT2D eigenvalue weighted by Gasteiger charge is -2.24. The van der Waals surface area contributed by atoms with Crippen molar-refractivity contribution >= 4 is 40.8 Å². The van der Waals surface area contributed by atoms with Crippen molar-refractivity contribution in [1.82, 2.24) is 15.0 Å². The zero-order valence-corrected chi connectivity index (χ0v) is 18.0. The molecular formula is C19H18Cl2F4N6O. The first-order valence-corrected chi connectivity index (χ1v) is 10.6. The summed E-state index contributed by atoms with van der Waals surface area (Å²) in [5.74, 6) is -2.55. The van der Waals surface area contributed by atoms with Crippen LogP contribution in [0.1, 0.15) is 6.42 Å². The molecule has 2 aromatic rings. The quantitative estimate of drug-likeness (QED) is 0.502. The van der Waals surface area contributed by atoms with E-state index in [9.17, 15) is 17.6 Å². The molecule has 32 heavy (non-hydrogen) atoms. The van der Waals surface area contributed by atoms with Crippen LogP contribution in [-0.4, -0.2) is 58.0 Å². The number of hydrogen-bond donors (Lipinski definition) is 1. The predicted molar refractivity (Wildman–Crippen MR) is 112 cm³/mol. The third kappa shape index (κ3) is 3.85. The average Bonchev–Trinajstić information content (AvgIpc) is 3.12. The van der Waals surface area contributed by atoms with Crippen LogP contribution in [0.25, 0.3) is 11.3 Å². The summed E-state index contributed by atoms with van der Waals surface area (Å²) in [6.45, 7) is -2.38. The molecule has 0 bridgehead atoms. The number of fused-ring (bicyclic) bond motifs is 1. The van der Waals surface area contributed by atoms with Crippen LogP contribution in [0.4, 0.5) is 35.1 Å². The van der Waals surface area contributed by atoms with E-state index in [-0.39, 0.29) is 42.3 Å². The second-order valence-electron chi connectivity index (χ2n) is 8.22. The number of aromatic nitrogens is 3. The normalized spacial score (nSPS) is 25.3. The van der Waals surface area contributed by atoms with Crippen molar-refractivity contribution in [1.29, 1.82) is 0 Å². The SMILES string of the molecule is Nc1ncc(-c2cc(N3CC4C(C3)C4(Cl)Cl)nc(N3CCC(F)(F)C3)n2)cc1OC(F)F. The molecule has 0 spiro atoms. The van der Waals surface area contributed by atoms with Crippen LogP contribution in [0.2, 0.25) is 0 Å². The minimum absolute atomic E-state index is 0.0906. The van der Waals surface area contributed by atoms with Crippen LogP contribution in [0.15, 0.2) is 18.3 Å². The van der Waals surface area contributed by atoms with Crippen molar-refractivity contribution in [2.24, 2.45) is 11.8 Å². The highest BCUT2D eigenvalue weighted by Crippen LogP contribution is 2.63. The van der Waals surface area contributed by atoms with Gasteiger partial charge in [-0.1, -0.05) is 0 Å². The largest absolute Gasteiger partial charge is 0.431 e. The maximum absolute atomic E-state index is 13.8. The van der Waals surface area contributed by atoms with Crippen LogP contribution < -0.4 is 20.3 Å². The lowest BCUT2D eigenvalue weighted by Crippen LogP contribution is -2.30. The molecular weight excluding hydrogens is 475 g/mol. The molecule has 5 rings (SSSR count). The van der Waals surface area contributed by atoms with Crippen LogP contribution in [0.3, 0.4) is 0 Å². The molecule has 1 saturated carbocycles. The number of rotatable bonds is 5. The fourth-order valence-corrected chi connectivity index (χ4v) is 5.02. The van der Waals surface area contributed by atoms with Crippen molar-refractivity contribution in [3.8, 4) is 17.0 Å². The van der Waals surface area contributed by atoms with Gasteiger partial charge in [-0.2, -0.15) is 13.8 Å². The van der Waals surface area contributed by atoms with Crippen molar-refractivity contribution < 1.29 is 22.3 Å². The number of nitrogens with two attached hydrogens (primary N) is 1. The number of anilines is 3. The summed E-state index contributed by atoms with van der Waals surface area (Å²) in [6.07, 6.45) is 1.05. The van der Waals surface area contributed by atoms with Crippen molar-refractivity contribution in [2.45, 2.75) is 23.3 Å². The summed E-state index contributed by atoms with van der Waals surface area (Å²) in [7, 11) is 0. The second kappa shape index (κ2) is 7.38. The molecule has 0 aromatic carbocycles. The van der Waals surface area contributed by atoms with Crippen LogP contribution in [-0.2, 0) is 0 Å². The molecule has 2 unspecified atom stereocenters. The fourth-order valence-electron chi connectivity index (χ4n) is 4.26. The van der Waals surface area contributed by atoms with Gasteiger partial charge in [-0.3, -0.25) is 0 Å². The Balaban J connectivity index is 1.51. The first-order valence-electron chi connectivity index (χ1n) is 9.89. The minimum atomic E-state index is -3.08. The summed E-state index contributed by atoms with van der Waals surface area (Å²) in [6, 6.07) is 2.93. The standard InChI is InChI=1S/C19H18Cl2F4N6O/c20-19(21)10-6-31(7-11(10)19)14-4-12(9-3-13(32-16(22)23)15(26)27-5-9)28-17(29-14)30-2-1-18(24,25)8-30/h3-5,10-11,16H,1-2,6-8H2,(H2,26,27). The topological polar surface area (TPSA) is 80.4 Å². The number of nitrogens with zero attached hydrogens (tertiary/aromatic N) is 5. The fraction of sp³-hybridized carbons (Fsp3) is 0.526. The van der Waals surface area contributed by atoms with Gasteiger partial charge in [-0.25, -0.2) is 18.7 Å². The van der Waals surface area contributed by atoms with Crippen LogP contribution in [0, 0.1) is 11.8 Å². The van der Waals surface area contributed by atoms with Gasteiger partial charge in [0, 0.05) is 55.7 Å². The summed E-state index contributed by atoms with van der Waals surface area (Å²) >= 11 is 12.5. The van der Waals surface area contributed by atoms with E-state index in [4.69, 9.17) is 28.9 Å². The van der Waals surface area contributed by atoms with E-state index in [2.05, 4.69) is 19.7 Å². The van der Waals surface area contributed by atoms with Gasteiger partial charge in [0.25, 0.3) is 5.92 Å². The molecule has 2 aromatic heterocycles. The minimum Gasteiger partial charge on any atom is -0.431 e. The van der Waals surface area contributed by atoms with Gasteiger partial charge in [0.2, 0.25) is 5.95 Å². The molecule has 2 saturated heterocycles. The molecule has 0 radical (unpaired) electrons. The Morgan fingerprint density at radius 2 is 1.84 bits per heavy atom. The summed E-state index contributed by atoms with van der Waals surface area (Å²) < 4.78 is 56.7. The van der Waals surface area contributed by atoms with E-state index < -0.39 is 23.4 Å². The number of ether oxygens (including phenoxy) is 1. The first-order chi connectivity index (χ1) is 15.0. The number of hydrogen-bond acceptors (Lipinski definition) is 7. The molecule has 2 aliphatic heterocycles. The highest BCUT2D eigenvalue weighted by molar-refractivity contribution is 6.51. The Bertz CT molecular complexity index is 1040. The van der Waals surface area contributed by atoms with E-state index in [1.165, 1.54) is 17.2 Å². The van der Waals surface area contributed by atoms with Gasteiger partial charge in [0.05, 0.1) is 12.2 Å². The molecule has 13 heteroatoms. The second-order valence-corrected chi connectivity index (χ2v) is 9.66. The smallest absolute Gasteiger partial charge is 0.387 e. The average molecular weight is 493 g/mol. The lowest BCUT2D eigenvalue weighted by molar-refractivity contribution is -0.0494. The van der Waals surface area contributed by atoms with E-state index in [1.54, 1.807) is 6.07 Å². The van der Waals surface area contributed by atoms with Gasteiger partial charge >= 0.3 is 6.61 Å². The predicted octanol–water partition coefficient (Wildman–Crippen LogP) is 3.81. The molecule has 2 atom stereocenters. The molecule has 0 amide bonds. The lowest BCUT2D eigenvalue weighted by atomic mass is 10.2. The van der Waals surface area contributed by atoms with Crippen molar-refractivity contribution in [3.63, 3.8) is 0 Å². The molecule has 7 nitrogen and oxygen atoms in total. The van der Waals surface area contributed by atoms with E-state index in [0.717, 1.165) is 0 Å². The maximum Gasteiger partial charge on any atom is 0.387 e. The van der Waals surface area contributed by atoms with Gasteiger partial charge in [-0.05, 0) is 6.07 Å². The third-order valence-electron chi connectivity index (χ3n) is 6.07. The van der Waals surface area contributed by atoms with Crippen molar-refractivity contribution in [3.05, 3.63) is 18.3 Å². The third-order valence-corrected chi connectivity index (χ3v) is 7.19. The van der Waals surface area contributed by atoms with E-state index in [0.29, 0.717) is 30.2 Å². The summed E-state index contributed by atoms with van der Waals surface area (Å²) in [5.41, 5.74) is 6.27. The maximum atomic E-state index is 13.8. The molecule has 172 valence electrons. The number of alkyl halides is 6. The van der Waals surface area contributed by atoms with Crippen LogP contribution in [0.5, 0.6) is 5.75 Å². The Kier molecular flexibility index (Phi) is 4.97. The Morgan fingerprint density at radius 3 is 2.47 bits per heavy atom. The summed E-state index contributed by atoms with van der Waals surface area (Å²) in [4.78, 5) is 16.2. The number of nitrogen functional groups attached to an aromatic ring is 1. The van der Waals surface area contributed by atoms with Gasteiger partial charge in [0.1, 0.15) is 10.2 Å². The van der Waals surface area contributed by atoms with Gasteiger partial charge in [-0.15, -0.1) is 23.2 Å². The monoisotopic (exact) mass is 492 g/mol. The zero-order chi connectivity index (χ0) is 22.8. The highest BCUT2D eigenvalue weighted by atomic mass is 35.5. The molecule has 3 aliphatic rings.